The van der Waals surface area contributed by atoms with Gasteiger partial charge in [0.15, 0.2) is 5.82 Å². The van der Waals surface area contributed by atoms with Crippen LogP contribution in [0, 0.1) is 24.0 Å². The Balaban J connectivity index is 1.28. The molecule has 220 valence electrons. The van der Waals surface area contributed by atoms with E-state index < -0.39 is 23.3 Å². The minimum absolute atomic E-state index is 0.0156. The molecule has 10 heteroatoms. The number of phenolic OH excluding ortho intramolecular Hbond substituents is 1. The van der Waals surface area contributed by atoms with Crippen LogP contribution in [0.15, 0.2) is 36.4 Å². The first-order chi connectivity index (χ1) is 20.8. The van der Waals surface area contributed by atoms with E-state index in [0.717, 1.165) is 25.8 Å². The van der Waals surface area contributed by atoms with Crippen molar-refractivity contribution in [1.29, 1.82) is 0 Å². The summed E-state index contributed by atoms with van der Waals surface area (Å²) in [4.78, 5) is 13.6. The van der Waals surface area contributed by atoms with Crippen molar-refractivity contribution in [1.82, 2.24) is 14.9 Å². The summed E-state index contributed by atoms with van der Waals surface area (Å²) in [5, 5.41) is 11.8. The molecule has 0 amide bonds. The topological polar surface area (TPSA) is 71.0 Å². The van der Waals surface area contributed by atoms with Crippen LogP contribution in [-0.2, 0) is 4.74 Å². The number of hydrogen-bond acceptors (Lipinski definition) is 7. The first-order valence-electron chi connectivity index (χ1n) is 14.7. The second-order valence-electron chi connectivity index (χ2n) is 12.2. The molecule has 1 aromatic heterocycles. The number of terminal acetylenes is 1. The molecule has 0 spiro atoms. The number of hydrogen-bond donors (Lipinski definition) is 1. The summed E-state index contributed by atoms with van der Waals surface area (Å²) in [6.45, 7) is 2.58. The standard InChI is InChI=1S/C33H29F3N4O3/c1-2-23-27(35)7-4-18-10-21(41)12-26(28(18)23)24-5-6-25-30(29(24)36)37-32(38-31(25)40-15-22-11-20(40)16-42-22)43-17-33-8-3-9-39(33)14-19(34)13-33/h1,4-7,10,12,19-20,22,41H,3,8-9,11,13-17H2/t19-,20+,22+,33+/m1/s1. The summed E-state index contributed by atoms with van der Waals surface area (Å²) in [7, 11) is 0. The van der Waals surface area contributed by atoms with E-state index >= 15 is 4.39 Å². The number of rotatable bonds is 5. The molecule has 7 nitrogen and oxygen atoms in total. The van der Waals surface area contributed by atoms with Gasteiger partial charge in [0.2, 0.25) is 0 Å². The first-order valence-corrected chi connectivity index (χ1v) is 14.7. The molecule has 0 radical (unpaired) electrons. The van der Waals surface area contributed by atoms with Gasteiger partial charge in [-0.2, -0.15) is 9.97 Å². The lowest BCUT2D eigenvalue weighted by atomic mass is 9.93. The van der Waals surface area contributed by atoms with Crippen molar-refractivity contribution in [3.63, 3.8) is 0 Å². The molecule has 0 saturated carbocycles. The maximum Gasteiger partial charge on any atom is 0.319 e. The third-order valence-corrected chi connectivity index (χ3v) is 9.66. The summed E-state index contributed by atoms with van der Waals surface area (Å²) >= 11 is 0. The SMILES string of the molecule is C#Cc1c(F)ccc2cc(O)cc(-c3ccc4c(N5C[C@@H]6C[C@H]5CO6)nc(OC[C@@]56CCCN5C[C@H](F)C6)nc4c3F)c12. The van der Waals surface area contributed by atoms with Crippen LogP contribution in [0.1, 0.15) is 31.2 Å². The number of benzene rings is 3. The number of phenols is 1. The number of ether oxygens (including phenoxy) is 2. The Morgan fingerprint density at radius 3 is 2.81 bits per heavy atom. The predicted octanol–water partition coefficient (Wildman–Crippen LogP) is 5.35. The lowest BCUT2D eigenvalue weighted by molar-refractivity contribution is 0.0984. The quantitative estimate of drug-likeness (QED) is 0.317. The molecule has 2 bridgehead atoms. The van der Waals surface area contributed by atoms with Crippen LogP contribution in [-0.4, -0.2) is 76.7 Å². The van der Waals surface area contributed by atoms with Crippen molar-refractivity contribution in [3.05, 3.63) is 53.6 Å². The minimum atomic E-state index is -0.910. The minimum Gasteiger partial charge on any atom is -0.508 e. The molecule has 4 fully saturated rings. The van der Waals surface area contributed by atoms with E-state index in [2.05, 4.69) is 20.7 Å². The molecule has 1 N–H and O–H groups in total. The van der Waals surface area contributed by atoms with E-state index in [-0.39, 0.29) is 52.7 Å². The molecular formula is C33H29F3N4O3. The van der Waals surface area contributed by atoms with E-state index in [0.29, 0.717) is 48.1 Å². The van der Waals surface area contributed by atoms with Crippen LogP contribution in [0.25, 0.3) is 32.8 Å². The molecule has 4 aliphatic rings. The molecule has 4 saturated heterocycles. The zero-order valence-electron chi connectivity index (χ0n) is 23.3. The van der Waals surface area contributed by atoms with Crippen molar-refractivity contribution in [2.75, 3.05) is 37.7 Å². The molecule has 3 aromatic carbocycles. The number of alkyl halides is 1. The van der Waals surface area contributed by atoms with Gasteiger partial charge in [-0.15, -0.1) is 6.42 Å². The fourth-order valence-electron chi connectivity index (χ4n) is 7.70. The molecule has 4 aliphatic heterocycles. The van der Waals surface area contributed by atoms with E-state index in [4.69, 9.17) is 20.9 Å². The summed E-state index contributed by atoms with van der Waals surface area (Å²) in [5.41, 5.74) is -0.0512. The monoisotopic (exact) mass is 586 g/mol. The third-order valence-electron chi connectivity index (χ3n) is 9.66. The Morgan fingerprint density at radius 1 is 1.14 bits per heavy atom. The van der Waals surface area contributed by atoms with Gasteiger partial charge in [0.25, 0.3) is 0 Å². The summed E-state index contributed by atoms with van der Waals surface area (Å²) in [6.07, 6.45) is 7.86. The van der Waals surface area contributed by atoms with Gasteiger partial charge >= 0.3 is 6.01 Å². The maximum absolute atomic E-state index is 16.7. The highest BCUT2D eigenvalue weighted by Gasteiger charge is 2.49. The van der Waals surface area contributed by atoms with Gasteiger partial charge in [-0.3, -0.25) is 4.90 Å². The van der Waals surface area contributed by atoms with Gasteiger partial charge in [0, 0.05) is 35.8 Å². The second kappa shape index (κ2) is 9.73. The molecule has 8 rings (SSSR count). The van der Waals surface area contributed by atoms with Gasteiger partial charge in [0.05, 0.1) is 29.9 Å². The number of anilines is 1. The van der Waals surface area contributed by atoms with Gasteiger partial charge in [0.1, 0.15) is 35.7 Å². The number of aromatic nitrogens is 2. The first kappa shape index (κ1) is 26.5. The molecule has 5 heterocycles. The number of aromatic hydroxyl groups is 1. The van der Waals surface area contributed by atoms with Gasteiger partial charge < -0.3 is 19.5 Å². The fraction of sp³-hybridized carbons (Fsp3) is 0.394. The second-order valence-corrected chi connectivity index (χ2v) is 12.2. The van der Waals surface area contributed by atoms with Crippen LogP contribution < -0.4 is 9.64 Å². The maximum atomic E-state index is 16.7. The van der Waals surface area contributed by atoms with Crippen LogP contribution in [0.4, 0.5) is 19.0 Å². The van der Waals surface area contributed by atoms with Gasteiger partial charge in [-0.1, -0.05) is 18.1 Å². The van der Waals surface area contributed by atoms with E-state index in [9.17, 15) is 13.9 Å². The van der Waals surface area contributed by atoms with Crippen molar-refractivity contribution in [3.8, 4) is 35.2 Å². The summed E-state index contributed by atoms with van der Waals surface area (Å²) in [6, 6.07) is 9.02. The molecule has 0 unspecified atom stereocenters. The van der Waals surface area contributed by atoms with Crippen LogP contribution in [0.3, 0.4) is 0 Å². The normalized spacial score (nSPS) is 26.5. The zero-order chi connectivity index (χ0) is 29.5. The zero-order valence-corrected chi connectivity index (χ0v) is 23.3. The van der Waals surface area contributed by atoms with Crippen LogP contribution in [0.2, 0.25) is 0 Å². The van der Waals surface area contributed by atoms with Crippen molar-refractivity contribution in [2.45, 2.75) is 49.5 Å². The third kappa shape index (κ3) is 4.13. The van der Waals surface area contributed by atoms with Crippen LogP contribution in [0.5, 0.6) is 11.8 Å². The molecule has 0 aliphatic carbocycles. The van der Waals surface area contributed by atoms with Crippen molar-refractivity contribution >= 4 is 27.5 Å². The Hall–Kier alpha value is -4.07. The number of fused-ring (bicyclic) bond motifs is 5. The highest BCUT2D eigenvalue weighted by molar-refractivity contribution is 6.04. The number of halogens is 3. The predicted molar refractivity (Wildman–Crippen MR) is 156 cm³/mol. The Bertz CT molecular complexity index is 1840. The number of morpholine rings is 1. The fourth-order valence-corrected chi connectivity index (χ4v) is 7.70. The van der Waals surface area contributed by atoms with Crippen LogP contribution >= 0.6 is 0 Å². The molecule has 43 heavy (non-hydrogen) atoms. The Kier molecular flexibility index (Phi) is 6.01. The van der Waals surface area contributed by atoms with E-state index in [1.165, 1.54) is 24.3 Å². The van der Waals surface area contributed by atoms with E-state index in [1.54, 1.807) is 12.1 Å². The van der Waals surface area contributed by atoms with Crippen molar-refractivity contribution < 1.29 is 27.8 Å². The van der Waals surface area contributed by atoms with Crippen molar-refractivity contribution in [2.24, 2.45) is 0 Å². The molecule has 4 aromatic rings. The largest absolute Gasteiger partial charge is 0.508 e. The average Bonchev–Trinajstić information content (AvgIpc) is 3.77. The lowest BCUT2D eigenvalue weighted by Gasteiger charge is -2.31. The molecule has 4 atom stereocenters. The smallest absolute Gasteiger partial charge is 0.319 e. The highest BCUT2D eigenvalue weighted by Crippen LogP contribution is 2.43. The summed E-state index contributed by atoms with van der Waals surface area (Å²) < 4.78 is 57.9. The Morgan fingerprint density at radius 2 is 2.02 bits per heavy atom. The van der Waals surface area contributed by atoms with E-state index in [1.807, 2.05) is 0 Å². The highest BCUT2D eigenvalue weighted by atomic mass is 19.1. The molecular weight excluding hydrogens is 557 g/mol. The summed E-state index contributed by atoms with van der Waals surface area (Å²) in [5.74, 6) is 1.54. The Labute approximate surface area is 246 Å². The average molecular weight is 587 g/mol. The lowest BCUT2D eigenvalue weighted by Crippen LogP contribution is -2.43. The van der Waals surface area contributed by atoms with Gasteiger partial charge in [-0.05, 0) is 61.0 Å². The van der Waals surface area contributed by atoms with Gasteiger partial charge in [-0.25, -0.2) is 13.2 Å². The number of nitrogens with zero attached hydrogens (tertiary/aromatic N) is 4.